The molecule has 0 atom stereocenters. The van der Waals surface area contributed by atoms with Crippen LogP contribution in [0.5, 0.6) is 34.5 Å². The molecular formula is C117H121N5O7. The van der Waals surface area contributed by atoms with Gasteiger partial charge in [0.15, 0.2) is 0 Å². The van der Waals surface area contributed by atoms with Gasteiger partial charge in [-0.3, -0.25) is 0 Å². The lowest BCUT2D eigenvalue weighted by atomic mass is 9.78. The molecule has 12 heteroatoms. The number of aromatic hydroxyl groups is 4. The number of phenols is 4. The number of likely N-dealkylation sites (N-methyl/N-ethyl adjacent to an activating group) is 1. The Kier molecular flexibility index (Phi) is 21.7. The number of rotatable bonds is 20. The highest BCUT2D eigenvalue weighted by atomic mass is 16.5. The molecule has 0 unspecified atom stereocenters. The molecule has 129 heavy (non-hydrogen) atoms. The third-order valence-corrected chi connectivity index (χ3v) is 26.6. The summed E-state index contributed by atoms with van der Waals surface area (Å²) in [4.78, 5) is 2.10. The first-order valence-electron chi connectivity index (χ1n) is 45.6. The molecule has 0 aliphatic rings. The van der Waals surface area contributed by atoms with Crippen molar-refractivity contribution in [2.45, 2.75) is 172 Å². The van der Waals surface area contributed by atoms with E-state index in [2.05, 4.69) is 373 Å². The van der Waals surface area contributed by atoms with Crippen molar-refractivity contribution >= 4 is 87.2 Å². The molecule has 0 bridgehead atoms. The van der Waals surface area contributed by atoms with E-state index in [-0.39, 0.29) is 45.8 Å². The number of fused-ring (bicyclic) bond motifs is 12. The Morgan fingerprint density at radius 2 is 0.558 bits per heavy atom. The number of ether oxygens (including phenoxy) is 3. The summed E-state index contributed by atoms with van der Waals surface area (Å²) >= 11 is 0. The Balaban J connectivity index is 0.739. The van der Waals surface area contributed by atoms with Crippen LogP contribution in [0.25, 0.3) is 154 Å². The molecular weight excluding hydrogens is 1590 g/mol. The minimum Gasteiger partial charge on any atom is -0.505 e. The van der Waals surface area contributed by atoms with Crippen LogP contribution in [-0.4, -0.2) is 90.7 Å². The highest BCUT2D eigenvalue weighted by Crippen LogP contribution is 2.55. The van der Waals surface area contributed by atoms with E-state index in [1.165, 1.54) is 22.3 Å². The van der Waals surface area contributed by atoms with Gasteiger partial charge in [-0.25, -0.2) is 0 Å². The van der Waals surface area contributed by atoms with Crippen LogP contribution < -0.4 is 9.47 Å². The van der Waals surface area contributed by atoms with E-state index in [0.717, 1.165) is 137 Å². The molecule has 656 valence electrons. The zero-order chi connectivity index (χ0) is 91.3. The number of nitrogens with zero attached hydrogens (tertiary/aromatic N) is 5. The fraction of sp³-hybridized carbons (Fsp3) is 0.282. The van der Waals surface area contributed by atoms with Crippen LogP contribution in [-0.2, 0) is 38.2 Å². The lowest BCUT2D eigenvalue weighted by Gasteiger charge is -2.26. The second-order valence-electron chi connectivity index (χ2n) is 41.2. The van der Waals surface area contributed by atoms with Gasteiger partial charge in [-0.2, -0.15) is 0 Å². The molecule has 4 N–H and O–H groups in total. The van der Waals surface area contributed by atoms with Crippen LogP contribution in [0.15, 0.2) is 237 Å². The first-order valence-corrected chi connectivity index (χ1v) is 45.6. The van der Waals surface area contributed by atoms with E-state index in [1.807, 2.05) is 39.2 Å². The van der Waals surface area contributed by atoms with Crippen LogP contribution in [0.4, 0.5) is 0 Å². The van der Waals surface area contributed by atoms with Crippen molar-refractivity contribution in [1.29, 1.82) is 0 Å². The number of benzene rings is 14. The number of para-hydroxylation sites is 3. The molecule has 0 amide bonds. The SMILES string of the molecule is CCOCCOc1c(-c2cc(C)cc(-n3c4ccc(C(C)(C)C)cc4c4cc(C(C)(C)C)ccc43)c2O)cc(C(C)(C)C)cc1-c1cc(C)cc(-n2c3ccc(C(C)(C)C)cc3c3cc(C(C)(C)Cc4ccc5c(c4)c4ccccc4n5-c4cc(C)cc(-c5cc(C)cc(-c6cc(C)cc(-n7c8ccccc8c8ccccc87)c6O)c5OCCN(C)C)c4O)ccc32)c1O. The van der Waals surface area contributed by atoms with Gasteiger partial charge in [0.1, 0.15) is 47.7 Å². The minimum absolute atomic E-state index is 0.0931. The Labute approximate surface area is 758 Å². The molecule has 0 radical (unpaired) electrons. The monoisotopic (exact) mass is 1710 g/mol. The fourth-order valence-electron chi connectivity index (χ4n) is 19.7. The van der Waals surface area contributed by atoms with Gasteiger partial charge in [0.25, 0.3) is 0 Å². The van der Waals surface area contributed by atoms with E-state index in [1.54, 1.807) is 0 Å². The topological polar surface area (TPSA) is 132 Å². The Hall–Kier alpha value is -13.0. The average Bonchev–Trinajstić information content (AvgIpc) is 1.64. The molecule has 12 nitrogen and oxygen atoms in total. The molecule has 0 saturated heterocycles. The van der Waals surface area contributed by atoms with Crippen molar-refractivity contribution in [1.82, 2.24) is 23.2 Å². The van der Waals surface area contributed by atoms with Crippen LogP contribution >= 0.6 is 0 Å². The maximum atomic E-state index is 13.8. The van der Waals surface area contributed by atoms with Crippen molar-refractivity contribution < 1.29 is 34.6 Å². The fourth-order valence-corrected chi connectivity index (χ4v) is 19.7. The molecule has 0 aliphatic carbocycles. The molecule has 0 aliphatic heterocycles. The summed E-state index contributed by atoms with van der Waals surface area (Å²) in [6.07, 6.45) is 0.702. The summed E-state index contributed by atoms with van der Waals surface area (Å²) in [7, 11) is 4.06. The second kappa shape index (κ2) is 32.3. The second-order valence-corrected chi connectivity index (χ2v) is 41.2. The summed E-state index contributed by atoms with van der Waals surface area (Å²) in [6, 6.07) is 84.5. The van der Waals surface area contributed by atoms with Crippen molar-refractivity contribution in [3.63, 3.8) is 0 Å². The molecule has 18 rings (SSSR count). The van der Waals surface area contributed by atoms with Gasteiger partial charge in [-0.1, -0.05) is 182 Å². The number of aryl methyl sites for hydroxylation is 5. The molecule has 18 aromatic rings. The van der Waals surface area contributed by atoms with Crippen LogP contribution in [0.3, 0.4) is 0 Å². The van der Waals surface area contributed by atoms with Gasteiger partial charge >= 0.3 is 0 Å². The molecule has 4 aromatic heterocycles. The number of phenolic OH excluding ortho intramolecular Hbond substituents is 4. The average molecular weight is 1710 g/mol. The predicted octanol–water partition coefficient (Wildman–Crippen LogP) is 29.2. The Bertz CT molecular complexity index is 7450. The summed E-state index contributed by atoms with van der Waals surface area (Å²) < 4.78 is 29.1. The van der Waals surface area contributed by atoms with Crippen molar-refractivity contribution in [2.75, 3.05) is 47.1 Å². The van der Waals surface area contributed by atoms with E-state index in [0.29, 0.717) is 100 Å². The van der Waals surface area contributed by atoms with Crippen molar-refractivity contribution in [3.8, 4) is 102 Å². The minimum atomic E-state index is -0.407. The highest BCUT2D eigenvalue weighted by Gasteiger charge is 2.34. The van der Waals surface area contributed by atoms with Gasteiger partial charge in [0.2, 0.25) is 0 Å². The molecule has 4 heterocycles. The Morgan fingerprint density at radius 3 is 0.899 bits per heavy atom. The van der Waals surface area contributed by atoms with Gasteiger partial charge in [0.05, 0.1) is 73.5 Å². The third kappa shape index (κ3) is 15.5. The number of aromatic nitrogens is 4. The largest absolute Gasteiger partial charge is 0.505 e. The molecule has 0 fully saturated rings. The first-order chi connectivity index (χ1) is 61.2. The van der Waals surface area contributed by atoms with Crippen molar-refractivity contribution in [3.05, 3.63) is 298 Å². The summed E-state index contributed by atoms with van der Waals surface area (Å²) in [6.45, 7) is 46.1. The van der Waals surface area contributed by atoms with E-state index < -0.39 is 10.8 Å². The van der Waals surface area contributed by atoms with Crippen LogP contribution in [0, 0.1) is 34.6 Å². The third-order valence-electron chi connectivity index (χ3n) is 26.6. The lowest BCUT2D eigenvalue weighted by Crippen LogP contribution is -2.20. The van der Waals surface area contributed by atoms with Gasteiger partial charge < -0.3 is 57.8 Å². The molecule has 0 spiro atoms. The highest BCUT2D eigenvalue weighted by molar-refractivity contribution is 6.14. The summed E-state index contributed by atoms with van der Waals surface area (Å²) in [5.41, 5.74) is 26.3. The van der Waals surface area contributed by atoms with E-state index in [9.17, 15) is 20.4 Å². The van der Waals surface area contributed by atoms with Crippen LogP contribution in [0.1, 0.15) is 165 Å². The molecule has 14 aromatic carbocycles. The van der Waals surface area contributed by atoms with Gasteiger partial charge in [-0.05, 0) is 302 Å². The standard InChI is InChI=1S/C117H121N5O7/c1-23-127-48-49-129-112-93(89-52-71(5)58-105(109(89)125)121-99-42-37-74(113(7,8)9)61-83(99)84-62-75(114(10,11)12)38-43-100(84)121)65-78(116(16,17)18)66-94(112)90-53-72(6)59-106(110(90)126)122-101-44-39-76(115(13,14)15)63-85(101)86-64-77(40-45-102(86)122)117(19,20)67-73-36-41-98-82(60-73)81-32-26-29-35-97(81)120(98)104-57-70(4)51-88(108(104)124)92-55-68(2)54-91(111(92)128-47-46-118(21)22)87-50-69(3)56-103(107(87)123)119-95-33-27-24-30-79(95)80-31-25-28-34-96(80)119/h24-45,50-66,123-126H,23,46-49,67H2,1-22H3. The van der Waals surface area contributed by atoms with Crippen molar-refractivity contribution in [2.24, 2.45) is 0 Å². The summed E-state index contributed by atoms with van der Waals surface area (Å²) in [5, 5.41) is 62.4. The molecule has 0 saturated carbocycles. The number of hydrogen-bond acceptors (Lipinski definition) is 8. The number of hydrogen-bond donors (Lipinski definition) is 4. The zero-order valence-electron chi connectivity index (χ0n) is 79.0. The zero-order valence-corrected chi connectivity index (χ0v) is 79.0. The van der Waals surface area contributed by atoms with E-state index >= 15 is 0 Å². The maximum absolute atomic E-state index is 13.8. The van der Waals surface area contributed by atoms with Crippen LogP contribution in [0.2, 0.25) is 0 Å². The first kappa shape index (κ1) is 86.7. The smallest absolute Gasteiger partial charge is 0.147 e. The van der Waals surface area contributed by atoms with Gasteiger partial charge in [-0.15, -0.1) is 0 Å². The predicted molar refractivity (Wildman–Crippen MR) is 540 cm³/mol. The van der Waals surface area contributed by atoms with Gasteiger partial charge in [0, 0.05) is 101 Å². The Morgan fingerprint density at radius 1 is 0.279 bits per heavy atom. The lowest BCUT2D eigenvalue weighted by molar-refractivity contribution is 0.110. The maximum Gasteiger partial charge on any atom is 0.147 e. The van der Waals surface area contributed by atoms with E-state index in [4.69, 9.17) is 14.2 Å². The normalized spacial score (nSPS) is 12.7. The summed E-state index contributed by atoms with van der Waals surface area (Å²) in [5.74, 6) is 1.54. The quantitative estimate of drug-likeness (QED) is 0.0555.